The molecule has 2 rings (SSSR count). The maximum absolute atomic E-state index is 13.7. The summed E-state index contributed by atoms with van der Waals surface area (Å²) in [6, 6.07) is 0.0688. The molecule has 2 fully saturated rings. The molecule has 3 nitrogen and oxygen atoms in total. The average molecular weight is 200 g/mol. The lowest BCUT2D eigenvalue weighted by Gasteiger charge is -2.44. The van der Waals surface area contributed by atoms with Crippen molar-refractivity contribution in [2.24, 2.45) is 0 Å². The van der Waals surface area contributed by atoms with Crippen molar-refractivity contribution in [2.75, 3.05) is 26.2 Å². The summed E-state index contributed by atoms with van der Waals surface area (Å²) in [7, 11) is 0. The van der Waals surface area contributed by atoms with E-state index in [9.17, 15) is 9.18 Å². The third kappa shape index (κ3) is 1.75. The number of likely N-dealkylation sites (tertiary alicyclic amines) is 2. The van der Waals surface area contributed by atoms with Gasteiger partial charge in [0.05, 0.1) is 6.54 Å². The smallest absolute Gasteiger partial charge is 0.219 e. The van der Waals surface area contributed by atoms with E-state index < -0.39 is 6.17 Å². The first-order valence-electron chi connectivity index (χ1n) is 5.32. The molecule has 0 spiro atoms. The van der Waals surface area contributed by atoms with E-state index >= 15 is 0 Å². The van der Waals surface area contributed by atoms with E-state index in [1.807, 2.05) is 0 Å². The van der Waals surface area contributed by atoms with Crippen LogP contribution in [0.1, 0.15) is 19.8 Å². The van der Waals surface area contributed by atoms with Crippen LogP contribution >= 0.6 is 0 Å². The van der Waals surface area contributed by atoms with Crippen LogP contribution in [-0.4, -0.2) is 54.1 Å². The predicted molar refractivity (Wildman–Crippen MR) is 51.7 cm³/mol. The second-order valence-electron chi connectivity index (χ2n) is 4.23. The Bertz CT molecular complexity index is 230. The molecule has 2 heterocycles. The molecule has 0 saturated carbocycles. The highest BCUT2D eigenvalue weighted by molar-refractivity contribution is 5.73. The van der Waals surface area contributed by atoms with Crippen LogP contribution in [0.15, 0.2) is 0 Å². The van der Waals surface area contributed by atoms with Gasteiger partial charge in [0.1, 0.15) is 6.17 Å². The fourth-order valence-electron chi connectivity index (χ4n) is 2.26. The van der Waals surface area contributed by atoms with E-state index in [0.717, 1.165) is 26.1 Å². The van der Waals surface area contributed by atoms with Gasteiger partial charge >= 0.3 is 0 Å². The Kier molecular flexibility index (Phi) is 2.72. The Labute approximate surface area is 83.9 Å². The first-order chi connectivity index (χ1) is 6.68. The summed E-state index contributed by atoms with van der Waals surface area (Å²) in [6.07, 6.45) is 1.13. The van der Waals surface area contributed by atoms with Gasteiger partial charge in [-0.1, -0.05) is 0 Å². The molecule has 2 saturated heterocycles. The quantitative estimate of drug-likeness (QED) is 0.620. The van der Waals surface area contributed by atoms with Gasteiger partial charge in [0.15, 0.2) is 0 Å². The zero-order chi connectivity index (χ0) is 10.1. The van der Waals surface area contributed by atoms with Gasteiger partial charge in [0.25, 0.3) is 0 Å². The third-order valence-electron chi connectivity index (χ3n) is 3.31. The highest BCUT2D eigenvalue weighted by Crippen LogP contribution is 2.23. The van der Waals surface area contributed by atoms with Gasteiger partial charge in [-0.25, -0.2) is 4.39 Å². The van der Waals surface area contributed by atoms with E-state index in [1.165, 1.54) is 13.3 Å². The zero-order valence-corrected chi connectivity index (χ0v) is 8.58. The SMILES string of the molecule is CC(=O)N1CCC(N2CCC2)C(F)C1. The van der Waals surface area contributed by atoms with Crippen molar-refractivity contribution in [1.29, 1.82) is 0 Å². The summed E-state index contributed by atoms with van der Waals surface area (Å²) in [5, 5.41) is 0. The van der Waals surface area contributed by atoms with Crippen LogP contribution in [0.3, 0.4) is 0 Å². The van der Waals surface area contributed by atoms with Crippen LogP contribution in [0.5, 0.6) is 0 Å². The summed E-state index contributed by atoms with van der Waals surface area (Å²) in [6.45, 7) is 4.58. The molecule has 4 heteroatoms. The number of hydrogen-bond acceptors (Lipinski definition) is 2. The van der Waals surface area contributed by atoms with E-state index in [4.69, 9.17) is 0 Å². The molecule has 2 aliphatic rings. The molecule has 0 aromatic heterocycles. The van der Waals surface area contributed by atoms with E-state index in [0.29, 0.717) is 0 Å². The highest BCUT2D eigenvalue weighted by Gasteiger charge is 2.36. The van der Waals surface area contributed by atoms with Gasteiger partial charge in [-0.15, -0.1) is 0 Å². The number of rotatable bonds is 1. The summed E-state index contributed by atoms with van der Waals surface area (Å²) in [5.41, 5.74) is 0. The molecule has 0 N–H and O–H groups in total. The number of nitrogens with zero attached hydrogens (tertiary/aromatic N) is 2. The first-order valence-corrected chi connectivity index (χ1v) is 5.32. The molecule has 14 heavy (non-hydrogen) atoms. The fraction of sp³-hybridized carbons (Fsp3) is 0.900. The summed E-state index contributed by atoms with van der Waals surface area (Å²) >= 11 is 0. The molecule has 2 unspecified atom stereocenters. The number of hydrogen-bond donors (Lipinski definition) is 0. The summed E-state index contributed by atoms with van der Waals surface area (Å²) in [5.74, 6) is -0.00490. The summed E-state index contributed by atoms with van der Waals surface area (Å²) in [4.78, 5) is 14.9. The third-order valence-corrected chi connectivity index (χ3v) is 3.31. The Morgan fingerprint density at radius 1 is 1.36 bits per heavy atom. The minimum Gasteiger partial charge on any atom is -0.340 e. The van der Waals surface area contributed by atoms with Crippen LogP contribution in [0.25, 0.3) is 0 Å². The summed E-state index contributed by atoms with van der Waals surface area (Å²) < 4.78 is 13.7. The number of piperidine rings is 1. The molecule has 1 amide bonds. The fourth-order valence-corrected chi connectivity index (χ4v) is 2.26. The monoisotopic (exact) mass is 200 g/mol. The molecule has 2 atom stereocenters. The minimum absolute atomic E-state index is 0.00490. The molecule has 2 aliphatic heterocycles. The molecule has 0 aromatic rings. The lowest BCUT2D eigenvalue weighted by Crippen LogP contribution is -2.57. The van der Waals surface area contributed by atoms with Crippen molar-refractivity contribution in [2.45, 2.75) is 32.0 Å². The van der Waals surface area contributed by atoms with Crippen molar-refractivity contribution in [1.82, 2.24) is 9.80 Å². The Hall–Kier alpha value is -0.640. The number of alkyl halides is 1. The molecule has 0 bridgehead atoms. The highest BCUT2D eigenvalue weighted by atomic mass is 19.1. The van der Waals surface area contributed by atoms with Crippen LogP contribution in [0.2, 0.25) is 0 Å². The number of carbonyl (C=O) groups is 1. The van der Waals surface area contributed by atoms with E-state index in [1.54, 1.807) is 4.90 Å². The maximum Gasteiger partial charge on any atom is 0.219 e. The van der Waals surface area contributed by atoms with Crippen molar-refractivity contribution in [3.63, 3.8) is 0 Å². The van der Waals surface area contributed by atoms with Crippen LogP contribution in [0, 0.1) is 0 Å². The predicted octanol–water partition coefficient (Wildman–Crippen LogP) is 0.651. The second-order valence-corrected chi connectivity index (χ2v) is 4.23. The van der Waals surface area contributed by atoms with Gasteiger partial charge < -0.3 is 4.90 Å². The second kappa shape index (κ2) is 3.85. The van der Waals surface area contributed by atoms with Crippen molar-refractivity contribution in [3.05, 3.63) is 0 Å². The van der Waals surface area contributed by atoms with Gasteiger partial charge in [0, 0.05) is 19.5 Å². The average Bonchev–Trinajstić information content (AvgIpc) is 2.04. The number of halogens is 1. The number of carbonyl (C=O) groups excluding carboxylic acids is 1. The zero-order valence-electron chi connectivity index (χ0n) is 8.58. The standard InChI is InChI=1S/C10H17FN2O/c1-8(14)13-6-3-10(9(11)7-13)12-4-2-5-12/h9-10H,2-7H2,1H3. The van der Waals surface area contributed by atoms with Crippen molar-refractivity contribution < 1.29 is 9.18 Å². The van der Waals surface area contributed by atoms with Gasteiger partial charge in [-0.3, -0.25) is 9.69 Å². The Morgan fingerprint density at radius 2 is 2.07 bits per heavy atom. The molecular weight excluding hydrogens is 183 g/mol. The normalized spacial score (nSPS) is 34.0. The number of amides is 1. The van der Waals surface area contributed by atoms with Gasteiger partial charge in [0.2, 0.25) is 5.91 Å². The van der Waals surface area contributed by atoms with Gasteiger partial charge in [-0.05, 0) is 25.9 Å². The van der Waals surface area contributed by atoms with Crippen LogP contribution in [0.4, 0.5) is 4.39 Å². The lowest BCUT2D eigenvalue weighted by molar-refractivity contribution is -0.132. The van der Waals surface area contributed by atoms with E-state index in [2.05, 4.69) is 4.90 Å². The lowest BCUT2D eigenvalue weighted by atomic mass is 9.98. The molecule has 80 valence electrons. The molecular formula is C10H17FN2O. The molecule has 0 aromatic carbocycles. The van der Waals surface area contributed by atoms with Gasteiger partial charge in [-0.2, -0.15) is 0 Å². The molecule has 0 aliphatic carbocycles. The first kappa shape index (κ1) is 9.90. The largest absolute Gasteiger partial charge is 0.340 e. The van der Waals surface area contributed by atoms with Crippen LogP contribution < -0.4 is 0 Å². The van der Waals surface area contributed by atoms with Crippen molar-refractivity contribution >= 4 is 5.91 Å². The maximum atomic E-state index is 13.7. The van der Waals surface area contributed by atoms with Crippen LogP contribution in [-0.2, 0) is 4.79 Å². The minimum atomic E-state index is -0.854. The van der Waals surface area contributed by atoms with E-state index in [-0.39, 0.29) is 18.5 Å². The molecule has 0 radical (unpaired) electrons. The van der Waals surface area contributed by atoms with Crippen molar-refractivity contribution in [3.8, 4) is 0 Å². The Balaban J connectivity index is 1.89. The topological polar surface area (TPSA) is 23.6 Å². The Morgan fingerprint density at radius 3 is 2.50 bits per heavy atom.